The number of fused-ring (bicyclic) bond motifs is 1. The van der Waals surface area contributed by atoms with Gasteiger partial charge < -0.3 is 4.74 Å². The van der Waals surface area contributed by atoms with Gasteiger partial charge in [-0.25, -0.2) is 4.79 Å². The summed E-state index contributed by atoms with van der Waals surface area (Å²) in [6, 6.07) is 18.1. The van der Waals surface area contributed by atoms with Crippen molar-refractivity contribution in [3.8, 4) is 0 Å². The van der Waals surface area contributed by atoms with E-state index < -0.39 is 10.9 Å². The minimum Gasteiger partial charge on any atom is -0.457 e. The number of nitro benzene ring substituents is 1. The van der Waals surface area contributed by atoms with E-state index in [9.17, 15) is 14.9 Å². The van der Waals surface area contributed by atoms with Crippen LogP contribution in [0.15, 0.2) is 60.7 Å². The summed E-state index contributed by atoms with van der Waals surface area (Å²) in [6.07, 6.45) is 0. The molecular weight excluding hydrogens is 306 g/mol. The molecule has 3 aromatic carbocycles. The Bertz CT molecular complexity index is 928. The third-order valence-electron chi connectivity index (χ3n) is 3.88. The van der Waals surface area contributed by atoms with Crippen LogP contribution in [0.1, 0.15) is 21.5 Å². The minimum atomic E-state index is -0.696. The Hall–Kier alpha value is -3.21. The zero-order valence-corrected chi connectivity index (χ0v) is 13.1. The van der Waals surface area contributed by atoms with Crippen LogP contribution in [0.5, 0.6) is 0 Å². The second kappa shape index (κ2) is 6.50. The number of hydrogen-bond donors (Lipinski definition) is 0. The zero-order chi connectivity index (χ0) is 17.1. The van der Waals surface area contributed by atoms with Crippen molar-refractivity contribution in [1.82, 2.24) is 0 Å². The van der Waals surface area contributed by atoms with Crippen LogP contribution in [-0.2, 0) is 11.3 Å². The first kappa shape index (κ1) is 15.7. The van der Waals surface area contributed by atoms with Crippen molar-refractivity contribution in [3.05, 3.63) is 87.5 Å². The summed E-state index contributed by atoms with van der Waals surface area (Å²) >= 11 is 0. The Kier molecular flexibility index (Phi) is 4.24. The molecule has 0 amide bonds. The lowest BCUT2D eigenvalue weighted by Gasteiger charge is -2.09. The fourth-order valence-corrected chi connectivity index (χ4v) is 2.71. The van der Waals surface area contributed by atoms with Crippen LogP contribution >= 0.6 is 0 Å². The fourth-order valence-electron chi connectivity index (χ4n) is 2.71. The van der Waals surface area contributed by atoms with Gasteiger partial charge in [-0.15, -0.1) is 0 Å². The molecule has 0 aromatic heterocycles. The van der Waals surface area contributed by atoms with Crippen molar-refractivity contribution in [1.29, 1.82) is 0 Å². The van der Waals surface area contributed by atoms with Crippen LogP contribution in [0.3, 0.4) is 0 Å². The molecular formula is C19H15NO4. The monoisotopic (exact) mass is 321 g/mol. The van der Waals surface area contributed by atoms with Crippen molar-refractivity contribution in [2.75, 3.05) is 0 Å². The molecule has 3 aromatic rings. The second-order valence-corrected chi connectivity index (χ2v) is 5.44. The Morgan fingerprint density at radius 1 is 1.04 bits per heavy atom. The van der Waals surface area contributed by atoms with E-state index in [4.69, 9.17) is 4.74 Å². The SMILES string of the molecule is Cc1cccc(C(=O)OCc2cccc3ccccc23)c1[N+](=O)[O-]. The molecule has 0 radical (unpaired) electrons. The smallest absolute Gasteiger partial charge is 0.345 e. The maximum absolute atomic E-state index is 12.3. The van der Waals surface area contributed by atoms with E-state index in [1.165, 1.54) is 6.07 Å². The van der Waals surface area contributed by atoms with E-state index in [0.717, 1.165) is 16.3 Å². The third-order valence-corrected chi connectivity index (χ3v) is 3.88. The second-order valence-electron chi connectivity index (χ2n) is 5.44. The van der Waals surface area contributed by atoms with Gasteiger partial charge in [0.15, 0.2) is 0 Å². The van der Waals surface area contributed by atoms with Gasteiger partial charge in [-0.05, 0) is 29.3 Å². The Balaban J connectivity index is 1.86. The van der Waals surface area contributed by atoms with E-state index in [1.54, 1.807) is 19.1 Å². The quantitative estimate of drug-likeness (QED) is 0.405. The molecule has 0 N–H and O–H groups in total. The number of nitrogens with zero attached hydrogens (tertiary/aromatic N) is 1. The summed E-state index contributed by atoms with van der Waals surface area (Å²) in [7, 11) is 0. The number of benzene rings is 3. The predicted molar refractivity (Wildman–Crippen MR) is 90.9 cm³/mol. The molecule has 0 bridgehead atoms. The standard InChI is InChI=1S/C19H15NO4/c1-13-6-4-11-17(18(13)20(22)23)19(21)24-12-15-9-5-8-14-7-2-3-10-16(14)15/h2-11H,12H2,1H3. The largest absolute Gasteiger partial charge is 0.457 e. The Morgan fingerprint density at radius 3 is 2.54 bits per heavy atom. The van der Waals surface area contributed by atoms with E-state index >= 15 is 0 Å². The highest BCUT2D eigenvalue weighted by atomic mass is 16.6. The van der Waals surface area contributed by atoms with E-state index in [1.807, 2.05) is 42.5 Å². The van der Waals surface area contributed by atoms with Crippen LogP contribution < -0.4 is 0 Å². The molecule has 0 aliphatic carbocycles. The third kappa shape index (κ3) is 2.96. The molecule has 0 atom stereocenters. The van der Waals surface area contributed by atoms with E-state index in [-0.39, 0.29) is 17.9 Å². The number of ether oxygens (including phenoxy) is 1. The number of para-hydroxylation sites is 1. The molecule has 0 unspecified atom stereocenters. The number of carbonyl (C=O) groups is 1. The predicted octanol–water partition coefficient (Wildman–Crippen LogP) is 4.41. The molecule has 0 heterocycles. The highest BCUT2D eigenvalue weighted by Crippen LogP contribution is 2.25. The van der Waals surface area contributed by atoms with Gasteiger partial charge in [0.25, 0.3) is 5.69 Å². The van der Waals surface area contributed by atoms with Gasteiger partial charge in [0.1, 0.15) is 12.2 Å². The summed E-state index contributed by atoms with van der Waals surface area (Å²) in [5.41, 5.74) is 1.05. The summed E-state index contributed by atoms with van der Waals surface area (Å²) in [4.78, 5) is 22.9. The van der Waals surface area contributed by atoms with Crippen molar-refractivity contribution >= 4 is 22.4 Å². The number of aryl methyl sites for hydroxylation is 1. The van der Waals surface area contributed by atoms with Gasteiger partial charge >= 0.3 is 5.97 Å². The van der Waals surface area contributed by atoms with Crippen molar-refractivity contribution in [3.63, 3.8) is 0 Å². The summed E-state index contributed by atoms with van der Waals surface area (Å²) < 4.78 is 5.32. The Labute approximate surface area is 138 Å². The lowest BCUT2D eigenvalue weighted by atomic mass is 10.1. The number of rotatable bonds is 4. The topological polar surface area (TPSA) is 69.4 Å². The fraction of sp³-hybridized carbons (Fsp3) is 0.105. The average molecular weight is 321 g/mol. The lowest BCUT2D eigenvalue weighted by Crippen LogP contribution is -2.09. The molecule has 3 rings (SSSR count). The maximum Gasteiger partial charge on any atom is 0.345 e. The molecule has 0 spiro atoms. The van der Waals surface area contributed by atoms with E-state index in [2.05, 4.69) is 0 Å². The number of hydrogen-bond acceptors (Lipinski definition) is 4. The molecule has 0 saturated heterocycles. The first-order chi connectivity index (χ1) is 11.6. The Morgan fingerprint density at radius 2 is 1.75 bits per heavy atom. The van der Waals surface area contributed by atoms with Crippen molar-refractivity contribution in [2.45, 2.75) is 13.5 Å². The lowest BCUT2D eigenvalue weighted by molar-refractivity contribution is -0.385. The molecule has 5 heteroatoms. The molecule has 120 valence electrons. The molecule has 24 heavy (non-hydrogen) atoms. The summed E-state index contributed by atoms with van der Waals surface area (Å²) in [5, 5.41) is 13.2. The van der Waals surface area contributed by atoms with Gasteiger partial charge in [-0.3, -0.25) is 10.1 Å². The highest BCUT2D eigenvalue weighted by Gasteiger charge is 2.23. The number of esters is 1. The highest BCUT2D eigenvalue weighted by molar-refractivity contribution is 5.94. The van der Waals surface area contributed by atoms with Gasteiger partial charge in [0, 0.05) is 5.56 Å². The zero-order valence-electron chi connectivity index (χ0n) is 13.1. The number of carbonyl (C=O) groups excluding carboxylic acids is 1. The summed E-state index contributed by atoms with van der Waals surface area (Å²) in [5.74, 6) is -0.696. The van der Waals surface area contributed by atoms with Crippen molar-refractivity contribution in [2.24, 2.45) is 0 Å². The first-order valence-corrected chi connectivity index (χ1v) is 7.45. The van der Waals surface area contributed by atoms with Crippen LogP contribution in [0, 0.1) is 17.0 Å². The maximum atomic E-state index is 12.3. The van der Waals surface area contributed by atoms with Crippen LogP contribution in [-0.4, -0.2) is 10.9 Å². The molecule has 0 saturated carbocycles. The van der Waals surface area contributed by atoms with Gasteiger partial charge in [0.2, 0.25) is 0 Å². The normalized spacial score (nSPS) is 10.5. The minimum absolute atomic E-state index is 0.0276. The molecule has 0 aliphatic heterocycles. The van der Waals surface area contributed by atoms with Gasteiger partial charge in [0.05, 0.1) is 4.92 Å². The van der Waals surface area contributed by atoms with Crippen molar-refractivity contribution < 1.29 is 14.5 Å². The molecule has 0 fully saturated rings. The average Bonchev–Trinajstić information content (AvgIpc) is 2.59. The number of nitro groups is 1. The molecule has 5 nitrogen and oxygen atoms in total. The van der Waals surface area contributed by atoms with Gasteiger partial charge in [-0.2, -0.15) is 0 Å². The molecule has 0 aliphatic rings. The summed E-state index contributed by atoms with van der Waals surface area (Å²) in [6.45, 7) is 1.66. The first-order valence-electron chi connectivity index (χ1n) is 7.45. The van der Waals surface area contributed by atoms with Crippen LogP contribution in [0.2, 0.25) is 0 Å². The van der Waals surface area contributed by atoms with E-state index in [0.29, 0.717) is 5.56 Å². The van der Waals surface area contributed by atoms with Crippen LogP contribution in [0.4, 0.5) is 5.69 Å². The van der Waals surface area contributed by atoms with Gasteiger partial charge in [-0.1, -0.05) is 54.6 Å². The van der Waals surface area contributed by atoms with Crippen LogP contribution in [0.25, 0.3) is 10.8 Å².